The van der Waals surface area contributed by atoms with Gasteiger partial charge in [-0.15, -0.1) is 0 Å². The van der Waals surface area contributed by atoms with E-state index < -0.39 is 0 Å². The third kappa shape index (κ3) is 2.35. The molecular weight excluding hydrogens is 226 g/mol. The van der Waals surface area contributed by atoms with Crippen LogP contribution in [0.4, 0.5) is 0 Å². The maximum absolute atomic E-state index is 11.9. The van der Waals surface area contributed by atoms with Crippen molar-refractivity contribution in [2.24, 2.45) is 0 Å². The molecule has 0 aliphatic heterocycles. The zero-order valence-electron chi connectivity index (χ0n) is 10.3. The lowest BCUT2D eigenvalue weighted by atomic mass is 10.3. The average Bonchev–Trinajstić information content (AvgIpc) is 2.66. The number of hydrogen-bond acceptors (Lipinski definition) is 2. The van der Waals surface area contributed by atoms with E-state index in [0.717, 1.165) is 11.4 Å². The third-order valence-corrected chi connectivity index (χ3v) is 2.82. The van der Waals surface area contributed by atoms with Crippen LogP contribution in [0.3, 0.4) is 0 Å². The number of nitrogens with zero attached hydrogens (tertiary/aromatic N) is 3. The fraction of sp³-hybridized carbons (Fsp3) is 0.286. The van der Waals surface area contributed by atoms with E-state index >= 15 is 0 Å². The Labute approximate surface area is 106 Å². The number of aryl methyl sites for hydroxylation is 1. The highest BCUT2D eigenvalue weighted by molar-refractivity contribution is 5.32. The zero-order chi connectivity index (χ0) is 13.0. The first kappa shape index (κ1) is 12.2. The molecule has 1 aromatic heterocycles. The predicted molar refractivity (Wildman–Crippen MR) is 69.6 cm³/mol. The Kier molecular flexibility index (Phi) is 3.63. The highest BCUT2D eigenvalue weighted by Crippen LogP contribution is 2.10. The summed E-state index contributed by atoms with van der Waals surface area (Å²) in [6.07, 6.45) is 1.15. The van der Waals surface area contributed by atoms with E-state index in [-0.39, 0.29) is 5.56 Å². The first-order valence-corrected chi connectivity index (χ1v) is 5.96. The van der Waals surface area contributed by atoms with Gasteiger partial charge < -0.3 is 0 Å². The van der Waals surface area contributed by atoms with Crippen molar-refractivity contribution in [3.05, 3.63) is 52.4 Å². The van der Waals surface area contributed by atoms with E-state index in [1.54, 1.807) is 10.7 Å². The van der Waals surface area contributed by atoms with E-state index in [9.17, 15) is 4.79 Å². The minimum Gasteiger partial charge on any atom is -0.268 e. The fourth-order valence-electron chi connectivity index (χ4n) is 2.03. The summed E-state index contributed by atoms with van der Waals surface area (Å²) in [4.78, 5) is 11.9. The van der Waals surface area contributed by atoms with Gasteiger partial charge in [0, 0.05) is 24.7 Å². The van der Waals surface area contributed by atoms with Crippen LogP contribution in [-0.4, -0.2) is 9.36 Å². The standard InChI is InChI=1S/C14H15N3O/c1-12-11-14(18)16(10-6-5-9-15)17(12)13-7-3-2-4-8-13/h2-4,7-8,11H,5-6,10H2,1H3. The number of para-hydroxylation sites is 1. The van der Waals surface area contributed by atoms with Gasteiger partial charge in [-0.25, -0.2) is 4.68 Å². The normalized spacial score (nSPS) is 10.2. The van der Waals surface area contributed by atoms with Crippen LogP contribution in [0.25, 0.3) is 5.69 Å². The van der Waals surface area contributed by atoms with E-state index in [1.165, 1.54) is 0 Å². The topological polar surface area (TPSA) is 50.7 Å². The Morgan fingerprint density at radius 3 is 2.67 bits per heavy atom. The summed E-state index contributed by atoms with van der Waals surface area (Å²) in [5.74, 6) is 0. The molecule has 0 aliphatic carbocycles. The molecule has 0 aliphatic rings. The number of rotatable bonds is 4. The van der Waals surface area contributed by atoms with Crippen LogP contribution in [-0.2, 0) is 6.54 Å². The average molecular weight is 241 g/mol. The molecule has 0 fully saturated rings. The zero-order valence-corrected chi connectivity index (χ0v) is 10.3. The molecule has 1 aromatic carbocycles. The Hall–Kier alpha value is -2.28. The Morgan fingerprint density at radius 1 is 1.28 bits per heavy atom. The smallest absolute Gasteiger partial charge is 0.267 e. The maximum atomic E-state index is 11.9. The first-order chi connectivity index (χ1) is 8.74. The maximum Gasteiger partial charge on any atom is 0.267 e. The van der Waals surface area contributed by atoms with Crippen molar-refractivity contribution in [3.8, 4) is 11.8 Å². The Bertz CT molecular complexity index is 617. The number of hydrogen-bond donors (Lipinski definition) is 0. The van der Waals surface area contributed by atoms with Crippen LogP contribution in [0.1, 0.15) is 18.5 Å². The van der Waals surface area contributed by atoms with Crippen molar-refractivity contribution in [1.29, 1.82) is 5.26 Å². The lowest BCUT2D eigenvalue weighted by Gasteiger charge is -2.13. The molecule has 0 saturated heterocycles. The minimum absolute atomic E-state index is 0.0192. The molecular formula is C14H15N3O. The van der Waals surface area contributed by atoms with Crippen molar-refractivity contribution in [3.63, 3.8) is 0 Å². The molecule has 0 amide bonds. The lowest BCUT2D eigenvalue weighted by Crippen LogP contribution is -2.22. The van der Waals surface area contributed by atoms with Crippen LogP contribution in [0.15, 0.2) is 41.2 Å². The van der Waals surface area contributed by atoms with Gasteiger partial charge in [-0.2, -0.15) is 5.26 Å². The second-order valence-corrected chi connectivity index (χ2v) is 4.16. The lowest BCUT2D eigenvalue weighted by molar-refractivity contribution is 0.512. The van der Waals surface area contributed by atoms with Gasteiger partial charge in [0.05, 0.1) is 11.8 Å². The van der Waals surface area contributed by atoms with Crippen LogP contribution in [0, 0.1) is 18.3 Å². The summed E-state index contributed by atoms with van der Waals surface area (Å²) in [7, 11) is 0. The quantitative estimate of drug-likeness (QED) is 0.771. The Morgan fingerprint density at radius 2 is 2.00 bits per heavy atom. The molecule has 0 spiro atoms. The van der Waals surface area contributed by atoms with Crippen molar-refractivity contribution >= 4 is 0 Å². The van der Waals surface area contributed by atoms with Crippen LogP contribution >= 0.6 is 0 Å². The van der Waals surface area contributed by atoms with Gasteiger partial charge in [0.25, 0.3) is 5.56 Å². The van der Waals surface area contributed by atoms with Gasteiger partial charge in [-0.1, -0.05) is 18.2 Å². The largest absolute Gasteiger partial charge is 0.268 e. The fourth-order valence-corrected chi connectivity index (χ4v) is 2.03. The van der Waals surface area contributed by atoms with Crippen LogP contribution in [0.2, 0.25) is 0 Å². The van der Waals surface area contributed by atoms with Gasteiger partial charge in [-0.05, 0) is 25.5 Å². The number of nitriles is 1. The molecule has 1 heterocycles. The minimum atomic E-state index is -0.0192. The summed E-state index contributed by atoms with van der Waals surface area (Å²) >= 11 is 0. The molecule has 0 atom stereocenters. The Balaban J connectivity index is 2.41. The molecule has 4 nitrogen and oxygen atoms in total. The monoisotopic (exact) mass is 241 g/mol. The molecule has 0 N–H and O–H groups in total. The van der Waals surface area contributed by atoms with Gasteiger partial charge in [0.1, 0.15) is 0 Å². The van der Waals surface area contributed by atoms with E-state index in [4.69, 9.17) is 5.26 Å². The number of aromatic nitrogens is 2. The van der Waals surface area contributed by atoms with Gasteiger partial charge in [0.15, 0.2) is 0 Å². The second-order valence-electron chi connectivity index (χ2n) is 4.16. The molecule has 4 heteroatoms. The number of unbranched alkanes of at least 4 members (excludes halogenated alkanes) is 1. The molecule has 18 heavy (non-hydrogen) atoms. The van der Waals surface area contributed by atoms with Gasteiger partial charge in [0.2, 0.25) is 0 Å². The molecule has 2 aromatic rings. The third-order valence-electron chi connectivity index (χ3n) is 2.82. The molecule has 0 saturated carbocycles. The summed E-state index contributed by atoms with van der Waals surface area (Å²) in [5.41, 5.74) is 1.85. The molecule has 0 unspecified atom stereocenters. The molecule has 2 rings (SSSR count). The van der Waals surface area contributed by atoms with Crippen LogP contribution in [0.5, 0.6) is 0 Å². The van der Waals surface area contributed by atoms with Crippen molar-refractivity contribution in [2.75, 3.05) is 0 Å². The summed E-state index contributed by atoms with van der Waals surface area (Å²) in [5, 5.41) is 8.56. The van der Waals surface area contributed by atoms with E-state index in [2.05, 4.69) is 6.07 Å². The van der Waals surface area contributed by atoms with E-state index in [1.807, 2.05) is 41.9 Å². The van der Waals surface area contributed by atoms with Gasteiger partial charge >= 0.3 is 0 Å². The van der Waals surface area contributed by atoms with Crippen molar-refractivity contribution in [1.82, 2.24) is 9.36 Å². The summed E-state index contributed by atoms with van der Waals surface area (Å²) in [6, 6.07) is 13.5. The second kappa shape index (κ2) is 5.37. The highest BCUT2D eigenvalue weighted by atomic mass is 16.1. The SMILES string of the molecule is Cc1cc(=O)n(CCCC#N)n1-c1ccccc1. The summed E-state index contributed by atoms with van der Waals surface area (Å²) < 4.78 is 3.59. The van der Waals surface area contributed by atoms with E-state index in [0.29, 0.717) is 19.4 Å². The van der Waals surface area contributed by atoms with Gasteiger partial charge in [-0.3, -0.25) is 9.48 Å². The molecule has 0 radical (unpaired) electrons. The summed E-state index contributed by atoms with van der Waals surface area (Å²) in [6.45, 7) is 2.48. The van der Waals surface area contributed by atoms with Crippen molar-refractivity contribution < 1.29 is 0 Å². The predicted octanol–water partition coefficient (Wildman–Crippen LogP) is 2.25. The molecule has 92 valence electrons. The van der Waals surface area contributed by atoms with Crippen molar-refractivity contribution in [2.45, 2.75) is 26.3 Å². The first-order valence-electron chi connectivity index (χ1n) is 5.96. The molecule has 0 bridgehead atoms. The number of benzene rings is 1. The highest BCUT2D eigenvalue weighted by Gasteiger charge is 2.09. The van der Waals surface area contributed by atoms with Crippen LogP contribution < -0.4 is 5.56 Å².